The fourth-order valence-corrected chi connectivity index (χ4v) is 2.47. The summed E-state index contributed by atoms with van der Waals surface area (Å²) in [5, 5.41) is 11.1. The quantitative estimate of drug-likeness (QED) is 0.536. The van der Waals surface area contributed by atoms with Crippen molar-refractivity contribution in [2.75, 3.05) is 0 Å². The van der Waals surface area contributed by atoms with Gasteiger partial charge in [0.05, 0.1) is 5.52 Å². The van der Waals surface area contributed by atoms with Gasteiger partial charge in [-0.3, -0.25) is 4.40 Å². The fraction of sp³-hybridized carbons (Fsp3) is 0. The van der Waals surface area contributed by atoms with Crippen LogP contribution in [0.1, 0.15) is 10.4 Å². The van der Waals surface area contributed by atoms with Crippen LogP contribution in [0.2, 0.25) is 0 Å². The highest BCUT2D eigenvalue weighted by atomic mass is 16.4. The normalized spacial score (nSPS) is 11.4. The molecule has 1 aromatic carbocycles. The second kappa shape index (κ2) is 3.77. The fourth-order valence-electron chi connectivity index (χ4n) is 2.47. The zero-order chi connectivity index (χ0) is 13.7. The summed E-state index contributed by atoms with van der Waals surface area (Å²) in [5.41, 5.74) is 2.17. The molecule has 0 radical (unpaired) electrons. The molecule has 0 unspecified atom stereocenters. The monoisotopic (exact) mass is 263 g/mol. The first-order chi connectivity index (χ1) is 9.74. The minimum atomic E-state index is -0.990. The predicted octanol–water partition coefficient (Wildman–Crippen LogP) is 2.73. The van der Waals surface area contributed by atoms with Crippen molar-refractivity contribution in [3.8, 4) is 0 Å². The predicted molar refractivity (Wildman–Crippen MR) is 75.0 cm³/mol. The first-order valence-corrected chi connectivity index (χ1v) is 6.13. The van der Waals surface area contributed by atoms with Crippen molar-refractivity contribution in [1.29, 1.82) is 0 Å². The third kappa shape index (κ3) is 1.40. The molecular formula is C15H9N3O2. The summed E-state index contributed by atoms with van der Waals surface area (Å²) in [6, 6.07) is 11.3. The van der Waals surface area contributed by atoms with Crippen LogP contribution in [0.15, 0.2) is 48.8 Å². The Morgan fingerprint density at radius 2 is 1.95 bits per heavy atom. The summed E-state index contributed by atoms with van der Waals surface area (Å²) in [5.74, 6) is -0.990. The van der Waals surface area contributed by atoms with E-state index in [9.17, 15) is 9.90 Å². The average Bonchev–Trinajstić information content (AvgIpc) is 2.93. The molecule has 5 heteroatoms. The van der Waals surface area contributed by atoms with E-state index in [0.717, 1.165) is 16.3 Å². The summed E-state index contributed by atoms with van der Waals surface area (Å²) < 4.78 is 1.71. The van der Waals surface area contributed by atoms with Crippen molar-refractivity contribution in [2.45, 2.75) is 0 Å². The minimum Gasteiger partial charge on any atom is -0.478 e. The number of pyridine rings is 2. The van der Waals surface area contributed by atoms with E-state index in [1.54, 1.807) is 22.9 Å². The van der Waals surface area contributed by atoms with Gasteiger partial charge in [0.1, 0.15) is 11.2 Å². The molecule has 0 spiro atoms. The van der Waals surface area contributed by atoms with E-state index < -0.39 is 5.97 Å². The Morgan fingerprint density at radius 3 is 2.80 bits per heavy atom. The molecule has 0 atom stereocenters. The van der Waals surface area contributed by atoms with Gasteiger partial charge in [0.15, 0.2) is 5.65 Å². The third-order valence-corrected chi connectivity index (χ3v) is 3.37. The molecule has 0 amide bonds. The molecule has 3 heterocycles. The third-order valence-electron chi connectivity index (χ3n) is 3.37. The lowest BCUT2D eigenvalue weighted by molar-refractivity contribution is 0.0698. The van der Waals surface area contributed by atoms with Crippen LogP contribution in [-0.4, -0.2) is 25.4 Å². The Hall–Kier alpha value is -2.95. The van der Waals surface area contributed by atoms with Gasteiger partial charge < -0.3 is 5.11 Å². The molecule has 0 aliphatic carbocycles. The summed E-state index contributed by atoms with van der Waals surface area (Å²) >= 11 is 0. The second-order valence-electron chi connectivity index (χ2n) is 4.58. The molecule has 5 nitrogen and oxygen atoms in total. The summed E-state index contributed by atoms with van der Waals surface area (Å²) in [6.45, 7) is 0. The van der Waals surface area contributed by atoms with Gasteiger partial charge in [-0.25, -0.2) is 14.8 Å². The highest BCUT2D eigenvalue weighted by molar-refractivity contribution is 6.01. The van der Waals surface area contributed by atoms with E-state index in [4.69, 9.17) is 0 Å². The van der Waals surface area contributed by atoms with Crippen molar-refractivity contribution in [2.24, 2.45) is 0 Å². The maximum absolute atomic E-state index is 11.3. The highest BCUT2D eigenvalue weighted by Crippen LogP contribution is 2.23. The number of fused-ring (bicyclic) bond motifs is 4. The van der Waals surface area contributed by atoms with Gasteiger partial charge in [0.2, 0.25) is 0 Å². The lowest BCUT2D eigenvalue weighted by atomic mass is 10.1. The van der Waals surface area contributed by atoms with Crippen LogP contribution < -0.4 is 0 Å². The summed E-state index contributed by atoms with van der Waals surface area (Å²) in [6.07, 6.45) is 3.31. The molecule has 0 fully saturated rings. The Kier molecular flexibility index (Phi) is 2.06. The Labute approximate surface area is 113 Å². The van der Waals surface area contributed by atoms with Crippen LogP contribution in [0.25, 0.3) is 27.6 Å². The zero-order valence-corrected chi connectivity index (χ0v) is 10.3. The number of carboxylic acid groups (broad SMARTS) is 1. The molecule has 1 N–H and O–H groups in total. The van der Waals surface area contributed by atoms with E-state index in [1.807, 2.05) is 30.3 Å². The molecule has 4 aromatic rings. The van der Waals surface area contributed by atoms with Gasteiger partial charge in [-0.15, -0.1) is 0 Å². The molecule has 4 rings (SSSR count). The standard InChI is InChI=1S/C15H9N3O2/c19-15(20)11-8-10-7-9-3-1-2-4-12(9)17-13(10)18-6-5-16-14(11)18/h1-8H,(H,19,20). The summed E-state index contributed by atoms with van der Waals surface area (Å²) in [4.78, 5) is 20.1. The maximum Gasteiger partial charge on any atom is 0.339 e. The van der Waals surface area contributed by atoms with Gasteiger partial charge >= 0.3 is 5.97 Å². The van der Waals surface area contributed by atoms with Crippen LogP contribution in [-0.2, 0) is 0 Å². The minimum absolute atomic E-state index is 0.180. The van der Waals surface area contributed by atoms with Crippen LogP contribution in [0, 0.1) is 0 Å². The number of carboxylic acids is 1. The Bertz CT molecular complexity index is 988. The van der Waals surface area contributed by atoms with Crippen molar-refractivity contribution in [1.82, 2.24) is 14.4 Å². The topological polar surface area (TPSA) is 67.5 Å². The van der Waals surface area contributed by atoms with Crippen molar-refractivity contribution in [3.05, 3.63) is 54.4 Å². The summed E-state index contributed by atoms with van der Waals surface area (Å²) in [7, 11) is 0. The number of hydrogen-bond acceptors (Lipinski definition) is 3. The number of rotatable bonds is 1. The molecule has 0 bridgehead atoms. The molecule has 0 aliphatic heterocycles. The first kappa shape index (κ1) is 10.9. The number of hydrogen-bond donors (Lipinski definition) is 1. The van der Waals surface area contributed by atoms with E-state index in [1.165, 1.54) is 0 Å². The molecule has 20 heavy (non-hydrogen) atoms. The lowest BCUT2D eigenvalue weighted by Crippen LogP contribution is -2.02. The highest BCUT2D eigenvalue weighted by Gasteiger charge is 2.14. The number of carbonyl (C=O) groups is 1. The Balaban J connectivity index is 2.25. The van der Waals surface area contributed by atoms with Crippen LogP contribution in [0.4, 0.5) is 0 Å². The van der Waals surface area contributed by atoms with E-state index >= 15 is 0 Å². The molecular weight excluding hydrogens is 254 g/mol. The van der Waals surface area contributed by atoms with Crippen LogP contribution in [0.5, 0.6) is 0 Å². The number of para-hydroxylation sites is 1. The first-order valence-electron chi connectivity index (χ1n) is 6.13. The number of benzene rings is 1. The molecule has 0 saturated carbocycles. The number of aromatic nitrogens is 3. The van der Waals surface area contributed by atoms with Crippen molar-refractivity contribution >= 4 is 33.6 Å². The van der Waals surface area contributed by atoms with Gasteiger partial charge in [-0.05, 0) is 18.2 Å². The molecule has 3 aromatic heterocycles. The molecule has 0 aliphatic rings. The lowest BCUT2D eigenvalue weighted by Gasteiger charge is -2.06. The molecule has 96 valence electrons. The number of nitrogens with zero attached hydrogens (tertiary/aromatic N) is 3. The van der Waals surface area contributed by atoms with Gasteiger partial charge in [-0.2, -0.15) is 0 Å². The van der Waals surface area contributed by atoms with Crippen LogP contribution >= 0.6 is 0 Å². The second-order valence-corrected chi connectivity index (χ2v) is 4.58. The smallest absolute Gasteiger partial charge is 0.339 e. The number of aromatic carboxylic acids is 1. The van der Waals surface area contributed by atoms with Crippen LogP contribution in [0.3, 0.4) is 0 Å². The van der Waals surface area contributed by atoms with Gasteiger partial charge in [0.25, 0.3) is 0 Å². The SMILES string of the molecule is O=C(O)c1cc2cc3ccccc3nc2n2ccnc12. The zero-order valence-electron chi connectivity index (χ0n) is 10.3. The van der Waals surface area contributed by atoms with Crippen molar-refractivity contribution < 1.29 is 9.90 Å². The number of imidazole rings is 1. The Morgan fingerprint density at radius 1 is 1.10 bits per heavy atom. The van der Waals surface area contributed by atoms with Gasteiger partial charge in [-0.1, -0.05) is 18.2 Å². The largest absolute Gasteiger partial charge is 0.478 e. The van der Waals surface area contributed by atoms with E-state index in [2.05, 4.69) is 9.97 Å². The van der Waals surface area contributed by atoms with E-state index in [-0.39, 0.29) is 5.56 Å². The average molecular weight is 263 g/mol. The molecule has 0 saturated heterocycles. The van der Waals surface area contributed by atoms with Crippen molar-refractivity contribution in [3.63, 3.8) is 0 Å². The van der Waals surface area contributed by atoms with Gasteiger partial charge in [0, 0.05) is 23.2 Å². The maximum atomic E-state index is 11.3. The van der Waals surface area contributed by atoms with E-state index in [0.29, 0.717) is 11.3 Å².